The first-order valence-electron chi connectivity index (χ1n) is 18.0. The van der Waals surface area contributed by atoms with Crippen molar-refractivity contribution in [2.24, 2.45) is 5.92 Å². The summed E-state index contributed by atoms with van der Waals surface area (Å²) in [5, 5.41) is 76.5. The monoisotopic (exact) mass is 743 g/mol. The second-order valence-corrected chi connectivity index (χ2v) is 14.0. The van der Waals surface area contributed by atoms with E-state index in [4.69, 9.17) is 33.2 Å². The van der Waals surface area contributed by atoms with Crippen LogP contribution in [0.3, 0.4) is 0 Å². The third-order valence-corrected chi connectivity index (χ3v) is 10.2. The summed E-state index contributed by atoms with van der Waals surface area (Å²) in [6.45, 7) is 0.666. The predicted molar refractivity (Wildman–Crippen MR) is 176 cm³/mol. The Labute approximate surface area is 301 Å². The maximum absolute atomic E-state index is 12.6. The molecule has 3 aliphatic heterocycles. The highest BCUT2D eigenvalue weighted by molar-refractivity contribution is 5.72. The molecule has 1 saturated carbocycles. The molecule has 5 rings (SSSR count). The number of carbonyl (C=O) groups excluding carboxylic acids is 1. The molecule has 3 heterocycles. The van der Waals surface area contributed by atoms with E-state index >= 15 is 0 Å². The Hall–Kier alpha value is -2.52. The van der Waals surface area contributed by atoms with Crippen LogP contribution in [0.15, 0.2) is 30.3 Å². The number of alkyl carbamates (subject to hydrolysis) is 1. The second kappa shape index (κ2) is 19.2. The first kappa shape index (κ1) is 40.7. The zero-order chi connectivity index (χ0) is 37.4. The number of carbonyl (C=O) groups is 2. The van der Waals surface area contributed by atoms with Crippen molar-refractivity contribution in [1.82, 2.24) is 5.32 Å². The summed E-state index contributed by atoms with van der Waals surface area (Å²) in [4.78, 5) is 24.9. The lowest BCUT2D eigenvalue weighted by Gasteiger charge is -2.47. The fourth-order valence-corrected chi connectivity index (χ4v) is 7.20. The molecule has 1 aromatic carbocycles. The molecule has 1 aromatic rings. The van der Waals surface area contributed by atoms with E-state index in [2.05, 4.69) is 5.32 Å². The Morgan fingerprint density at radius 2 is 1.56 bits per heavy atom. The summed E-state index contributed by atoms with van der Waals surface area (Å²) in [6, 6.07) is 9.03. The number of hydrogen-bond acceptors (Lipinski definition) is 15. The first-order chi connectivity index (χ1) is 25.0. The summed E-state index contributed by atoms with van der Waals surface area (Å²) in [7, 11) is 0. The molecule has 52 heavy (non-hydrogen) atoms. The number of amides is 1. The van der Waals surface area contributed by atoms with Crippen LogP contribution in [-0.2, 0) is 44.6 Å². The number of nitrogens with one attached hydrogen (secondary N) is 1. The van der Waals surface area contributed by atoms with Crippen molar-refractivity contribution in [3.63, 3.8) is 0 Å². The van der Waals surface area contributed by atoms with Crippen LogP contribution in [-0.4, -0.2) is 153 Å². The third-order valence-electron chi connectivity index (χ3n) is 10.2. The van der Waals surface area contributed by atoms with Gasteiger partial charge in [-0.05, 0) is 31.2 Å². The van der Waals surface area contributed by atoms with Crippen molar-refractivity contribution in [3.8, 4) is 0 Å². The molecule has 0 spiro atoms. The lowest BCUT2D eigenvalue weighted by Crippen LogP contribution is -2.64. The number of aliphatic hydroxyl groups is 6. The molecule has 1 amide bonds. The van der Waals surface area contributed by atoms with Gasteiger partial charge in [0.05, 0.1) is 18.8 Å². The Bertz CT molecular complexity index is 1250. The third kappa shape index (κ3) is 10.4. The van der Waals surface area contributed by atoms with Crippen molar-refractivity contribution in [2.75, 3.05) is 19.8 Å². The Morgan fingerprint density at radius 3 is 2.25 bits per heavy atom. The van der Waals surface area contributed by atoms with E-state index in [9.17, 15) is 45.3 Å². The fourth-order valence-electron chi connectivity index (χ4n) is 7.20. The summed E-state index contributed by atoms with van der Waals surface area (Å²) in [5.41, 5.74) is 0.767. The normalized spacial score (nSPS) is 37.9. The summed E-state index contributed by atoms with van der Waals surface area (Å²) in [5.74, 6) is -1.15. The van der Waals surface area contributed by atoms with E-state index < -0.39 is 104 Å². The summed E-state index contributed by atoms with van der Waals surface area (Å²) in [6.07, 6.45) is -15.2. The number of ether oxygens (including phenoxy) is 7. The number of carboxylic acid groups (broad SMARTS) is 1. The molecule has 0 unspecified atom stereocenters. The minimum atomic E-state index is -1.73. The SMILES string of the molecule is C[C@@H]1O[C@@H](O[C@@H]2[C@@H](CNC(=O)OCc3ccccc3)OCC[C@H]2O[C@@H]2O[C@H](CO)[C@H](O)[C@H](O[C@@H](CC3CCCCC3)C(=O)O)[C@H]2O)[C@@H](O)[C@H](O)[C@@H]1O. The fraction of sp³-hybridized carbons (Fsp3) is 0.771. The highest BCUT2D eigenvalue weighted by Crippen LogP contribution is 2.34. The molecule has 1 aliphatic carbocycles. The smallest absolute Gasteiger partial charge is 0.407 e. The Kier molecular flexibility index (Phi) is 15.0. The minimum Gasteiger partial charge on any atom is -0.479 e. The molecular weight excluding hydrogens is 690 g/mol. The van der Waals surface area contributed by atoms with E-state index in [0.29, 0.717) is 0 Å². The molecule has 4 aliphatic rings. The van der Waals surface area contributed by atoms with Crippen LogP contribution in [0.2, 0.25) is 0 Å². The lowest BCUT2D eigenvalue weighted by molar-refractivity contribution is -0.355. The number of carboxylic acids is 1. The molecule has 294 valence electrons. The number of hydrogen-bond donors (Lipinski definition) is 8. The quantitative estimate of drug-likeness (QED) is 0.120. The van der Waals surface area contributed by atoms with Crippen LogP contribution in [0.4, 0.5) is 4.79 Å². The van der Waals surface area contributed by atoms with Crippen LogP contribution >= 0.6 is 0 Å². The van der Waals surface area contributed by atoms with Crippen LogP contribution in [0, 0.1) is 5.92 Å². The molecular formula is C35H53NO16. The number of aliphatic hydroxyl groups excluding tert-OH is 6. The van der Waals surface area contributed by atoms with E-state index in [1.54, 1.807) is 24.3 Å². The molecule has 0 bridgehead atoms. The van der Waals surface area contributed by atoms with Gasteiger partial charge in [0.15, 0.2) is 18.7 Å². The Balaban J connectivity index is 1.31. The molecule has 3 saturated heterocycles. The van der Waals surface area contributed by atoms with E-state index in [0.717, 1.165) is 37.7 Å². The van der Waals surface area contributed by atoms with Crippen molar-refractivity contribution in [3.05, 3.63) is 35.9 Å². The molecule has 4 fully saturated rings. The summed E-state index contributed by atoms with van der Waals surface area (Å²) >= 11 is 0. The van der Waals surface area contributed by atoms with Gasteiger partial charge in [-0.1, -0.05) is 62.4 Å². The van der Waals surface area contributed by atoms with E-state index in [-0.39, 0.29) is 38.5 Å². The average molecular weight is 744 g/mol. The van der Waals surface area contributed by atoms with E-state index in [1.807, 2.05) is 6.07 Å². The lowest BCUT2D eigenvalue weighted by atomic mass is 9.85. The van der Waals surface area contributed by atoms with E-state index in [1.165, 1.54) is 6.92 Å². The zero-order valence-electron chi connectivity index (χ0n) is 29.1. The van der Waals surface area contributed by atoms with Crippen LogP contribution in [0.5, 0.6) is 0 Å². The van der Waals surface area contributed by atoms with Gasteiger partial charge in [-0.15, -0.1) is 0 Å². The van der Waals surface area contributed by atoms with Gasteiger partial charge in [0.25, 0.3) is 0 Å². The van der Waals surface area contributed by atoms with Gasteiger partial charge in [0.2, 0.25) is 0 Å². The molecule has 0 aromatic heterocycles. The van der Waals surface area contributed by atoms with Gasteiger partial charge in [-0.2, -0.15) is 0 Å². The van der Waals surface area contributed by atoms with Crippen molar-refractivity contribution >= 4 is 12.1 Å². The Morgan fingerprint density at radius 1 is 0.846 bits per heavy atom. The molecule has 14 atom stereocenters. The van der Waals surface area contributed by atoms with Crippen molar-refractivity contribution in [1.29, 1.82) is 0 Å². The average Bonchev–Trinajstić information content (AvgIpc) is 3.15. The van der Waals surface area contributed by atoms with Gasteiger partial charge in [0.1, 0.15) is 61.5 Å². The van der Waals surface area contributed by atoms with Gasteiger partial charge >= 0.3 is 12.1 Å². The zero-order valence-corrected chi connectivity index (χ0v) is 29.1. The number of aliphatic carboxylic acids is 1. The molecule has 17 heteroatoms. The largest absolute Gasteiger partial charge is 0.479 e. The topological polar surface area (TPSA) is 252 Å². The maximum atomic E-state index is 12.6. The molecule has 17 nitrogen and oxygen atoms in total. The van der Waals surface area contributed by atoms with Crippen LogP contribution < -0.4 is 5.32 Å². The second-order valence-electron chi connectivity index (χ2n) is 14.0. The standard InChI is InChI=1S/C35H53NO16/c1-18-25(38)27(40)28(41)33(48-18)52-30-21(12-13-46-23(30)15-36-35(45)47-17-20-10-6-3-7-11-20)50-34-29(42)31(26(39)24(16-37)51-34)49-22(32(43)44)14-19-8-4-2-5-9-19/h3,6-7,10-11,18-19,21-31,33-34,37-42H,2,4-5,8-9,12-17H2,1H3,(H,36,45)(H,43,44)/t18-,21+,22-,23+,24+,25+,26-,27+,28-,29+,30-,31-,33-,34+/m0/s1. The predicted octanol–water partition coefficient (Wildman–Crippen LogP) is -0.453. The highest BCUT2D eigenvalue weighted by Gasteiger charge is 2.51. The first-order valence-corrected chi connectivity index (χ1v) is 18.0. The van der Waals surface area contributed by atoms with Crippen molar-refractivity contribution < 1.29 is 78.5 Å². The summed E-state index contributed by atoms with van der Waals surface area (Å²) < 4.78 is 40.9. The highest BCUT2D eigenvalue weighted by atomic mass is 16.7. The van der Waals surface area contributed by atoms with Gasteiger partial charge < -0.3 is 74.2 Å². The molecule has 0 radical (unpaired) electrons. The number of benzene rings is 1. The van der Waals surface area contributed by atoms with Gasteiger partial charge in [0, 0.05) is 13.2 Å². The van der Waals surface area contributed by atoms with Gasteiger partial charge in [-0.3, -0.25) is 0 Å². The van der Waals surface area contributed by atoms with Crippen molar-refractivity contribution in [2.45, 2.75) is 144 Å². The number of rotatable bonds is 14. The minimum absolute atomic E-state index is 0.00544. The van der Waals surface area contributed by atoms with Gasteiger partial charge in [-0.25, -0.2) is 9.59 Å². The molecule has 8 N–H and O–H groups in total. The van der Waals surface area contributed by atoms with Crippen LogP contribution in [0.1, 0.15) is 57.4 Å². The van der Waals surface area contributed by atoms with Crippen LogP contribution in [0.25, 0.3) is 0 Å². The maximum Gasteiger partial charge on any atom is 0.407 e.